The minimum atomic E-state index is -0.143. The van der Waals surface area contributed by atoms with Crippen LogP contribution in [0.4, 0.5) is 0 Å². The Morgan fingerprint density at radius 1 is 1.12 bits per heavy atom. The molecule has 2 nitrogen and oxygen atoms in total. The summed E-state index contributed by atoms with van der Waals surface area (Å²) in [5.41, 5.74) is 1.70. The summed E-state index contributed by atoms with van der Waals surface area (Å²) in [6.07, 6.45) is 3.45. The van der Waals surface area contributed by atoms with Crippen LogP contribution in [0.15, 0.2) is 54.9 Å². The van der Waals surface area contributed by atoms with E-state index in [1.807, 2.05) is 49.4 Å². The fraction of sp³-hybridized carbons (Fsp3) is 0.143. The van der Waals surface area contributed by atoms with Gasteiger partial charge < -0.3 is 0 Å². The van der Waals surface area contributed by atoms with Gasteiger partial charge in [-0.05, 0) is 11.6 Å². The predicted molar refractivity (Wildman–Crippen MR) is 63.4 cm³/mol. The first-order valence-electron chi connectivity index (χ1n) is 5.28. The van der Waals surface area contributed by atoms with E-state index in [1.165, 1.54) is 0 Å². The molecule has 0 saturated heterocycles. The Bertz CT molecular complexity index is 465. The van der Waals surface area contributed by atoms with Crippen LogP contribution in [-0.2, 0) is 0 Å². The van der Waals surface area contributed by atoms with E-state index in [4.69, 9.17) is 0 Å². The van der Waals surface area contributed by atoms with E-state index < -0.39 is 0 Å². The zero-order chi connectivity index (χ0) is 11.4. The molecule has 2 aromatic rings. The number of aromatic nitrogens is 1. The largest absolute Gasteiger partial charge is 0.294 e. The standard InChI is InChI=1S/C14H13NO/c1-11(13-8-5-9-15-10-13)14(16)12-6-3-2-4-7-12/h2-11H,1H3/t11-/m0/s1. The van der Waals surface area contributed by atoms with Crippen molar-refractivity contribution in [3.8, 4) is 0 Å². The molecule has 1 aromatic heterocycles. The van der Waals surface area contributed by atoms with Crippen LogP contribution in [0.3, 0.4) is 0 Å². The third kappa shape index (κ3) is 2.16. The Morgan fingerprint density at radius 2 is 1.88 bits per heavy atom. The summed E-state index contributed by atoms with van der Waals surface area (Å²) in [7, 11) is 0. The summed E-state index contributed by atoms with van der Waals surface area (Å²) >= 11 is 0. The molecule has 0 saturated carbocycles. The van der Waals surface area contributed by atoms with Crippen molar-refractivity contribution in [3.63, 3.8) is 0 Å². The minimum absolute atomic E-state index is 0.133. The number of carbonyl (C=O) groups excluding carboxylic acids is 1. The average Bonchev–Trinajstić information content (AvgIpc) is 2.39. The number of pyridine rings is 1. The van der Waals surface area contributed by atoms with E-state index in [1.54, 1.807) is 12.4 Å². The van der Waals surface area contributed by atoms with Gasteiger partial charge in [-0.3, -0.25) is 9.78 Å². The third-order valence-corrected chi connectivity index (χ3v) is 2.64. The lowest BCUT2D eigenvalue weighted by Crippen LogP contribution is -2.09. The van der Waals surface area contributed by atoms with Gasteiger partial charge in [-0.2, -0.15) is 0 Å². The van der Waals surface area contributed by atoms with E-state index in [9.17, 15) is 4.79 Å². The highest BCUT2D eigenvalue weighted by Gasteiger charge is 2.16. The molecule has 0 radical (unpaired) electrons. The lowest BCUT2D eigenvalue weighted by molar-refractivity contribution is 0.0966. The van der Waals surface area contributed by atoms with Gasteiger partial charge in [0.1, 0.15) is 0 Å². The maximum Gasteiger partial charge on any atom is 0.170 e. The first-order chi connectivity index (χ1) is 7.79. The monoisotopic (exact) mass is 211 g/mol. The van der Waals surface area contributed by atoms with Crippen LogP contribution >= 0.6 is 0 Å². The van der Waals surface area contributed by atoms with E-state index in [0.29, 0.717) is 0 Å². The van der Waals surface area contributed by atoms with Crippen LogP contribution in [0.5, 0.6) is 0 Å². The van der Waals surface area contributed by atoms with E-state index in [0.717, 1.165) is 11.1 Å². The second-order valence-corrected chi connectivity index (χ2v) is 3.74. The van der Waals surface area contributed by atoms with Crippen molar-refractivity contribution in [1.82, 2.24) is 4.98 Å². The van der Waals surface area contributed by atoms with Crippen molar-refractivity contribution in [1.29, 1.82) is 0 Å². The summed E-state index contributed by atoms with van der Waals surface area (Å²) in [5.74, 6) is -0.00954. The highest BCUT2D eigenvalue weighted by molar-refractivity contribution is 6.00. The fourth-order valence-electron chi connectivity index (χ4n) is 1.64. The van der Waals surface area contributed by atoms with Crippen molar-refractivity contribution in [3.05, 3.63) is 66.0 Å². The summed E-state index contributed by atoms with van der Waals surface area (Å²) in [5, 5.41) is 0. The van der Waals surface area contributed by atoms with Gasteiger partial charge in [-0.15, -0.1) is 0 Å². The predicted octanol–water partition coefficient (Wildman–Crippen LogP) is 3.07. The van der Waals surface area contributed by atoms with Crippen LogP contribution in [-0.4, -0.2) is 10.8 Å². The third-order valence-electron chi connectivity index (χ3n) is 2.64. The lowest BCUT2D eigenvalue weighted by Gasteiger charge is -2.09. The van der Waals surface area contributed by atoms with Gasteiger partial charge in [-0.1, -0.05) is 43.3 Å². The molecular weight excluding hydrogens is 198 g/mol. The van der Waals surface area contributed by atoms with Crippen LogP contribution in [0.1, 0.15) is 28.8 Å². The smallest absolute Gasteiger partial charge is 0.170 e. The summed E-state index contributed by atoms with van der Waals surface area (Å²) < 4.78 is 0. The highest BCUT2D eigenvalue weighted by Crippen LogP contribution is 2.19. The van der Waals surface area contributed by atoms with E-state index in [-0.39, 0.29) is 11.7 Å². The molecule has 1 atom stereocenters. The van der Waals surface area contributed by atoms with Crippen molar-refractivity contribution in [2.45, 2.75) is 12.8 Å². The molecule has 0 aliphatic rings. The van der Waals surface area contributed by atoms with Crippen LogP contribution in [0.25, 0.3) is 0 Å². The molecule has 16 heavy (non-hydrogen) atoms. The molecule has 0 spiro atoms. The molecule has 0 unspecified atom stereocenters. The number of rotatable bonds is 3. The van der Waals surface area contributed by atoms with Gasteiger partial charge in [0.2, 0.25) is 0 Å². The molecule has 1 heterocycles. The van der Waals surface area contributed by atoms with Gasteiger partial charge in [0, 0.05) is 23.9 Å². The SMILES string of the molecule is C[C@H](C(=O)c1ccccc1)c1cccnc1. The molecule has 0 amide bonds. The molecule has 80 valence electrons. The molecule has 2 rings (SSSR count). The summed E-state index contributed by atoms with van der Waals surface area (Å²) in [6.45, 7) is 1.91. The molecule has 0 aliphatic carbocycles. The number of hydrogen-bond donors (Lipinski definition) is 0. The Morgan fingerprint density at radius 3 is 2.50 bits per heavy atom. The zero-order valence-electron chi connectivity index (χ0n) is 9.13. The number of benzene rings is 1. The Kier molecular flexibility index (Phi) is 3.10. The Hall–Kier alpha value is -1.96. The lowest BCUT2D eigenvalue weighted by atomic mass is 9.94. The Balaban J connectivity index is 2.24. The van der Waals surface area contributed by atoms with Gasteiger partial charge in [-0.25, -0.2) is 0 Å². The number of carbonyl (C=O) groups is 1. The van der Waals surface area contributed by atoms with Gasteiger partial charge >= 0.3 is 0 Å². The number of nitrogens with zero attached hydrogens (tertiary/aromatic N) is 1. The second kappa shape index (κ2) is 4.71. The van der Waals surface area contributed by atoms with Gasteiger partial charge in [0.25, 0.3) is 0 Å². The van der Waals surface area contributed by atoms with Crippen molar-refractivity contribution in [2.24, 2.45) is 0 Å². The molecular formula is C14H13NO. The van der Waals surface area contributed by atoms with Gasteiger partial charge in [0.15, 0.2) is 5.78 Å². The first-order valence-corrected chi connectivity index (χ1v) is 5.28. The van der Waals surface area contributed by atoms with Crippen molar-refractivity contribution >= 4 is 5.78 Å². The Labute approximate surface area is 95.0 Å². The van der Waals surface area contributed by atoms with Crippen LogP contribution < -0.4 is 0 Å². The molecule has 0 aliphatic heterocycles. The first kappa shape index (κ1) is 10.6. The fourth-order valence-corrected chi connectivity index (χ4v) is 1.64. The number of ketones is 1. The average molecular weight is 211 g/mol. The van der Waals surface area contributed by atoms with Crippen LogP contribution in [0, 0.1) is 0 Å². The second-order valence-electron chi connectivity index (χ2n) is 3.74. The molecule has 0 bridgehead atoms. The molecule has 0 fully saturated rings. The normalized spacial score (nSPS) is 12.1. The van der Waals surface area contributed by atoms with Crippen molar-refractivity contribution in [2.75, 3.05) is 0 Å². The summed E-state index contributed by atoms with van der Waals surface area (Å²) in [4.78, 5) is 16.1. The zero-order valence-corrected chi connectivity index (χ0v) is 9.13. The molecule has 1 aromatic carbocycles. The maximum absolute atomic E-state index is 12.1. The van der Waals surface area contributed by atoms with Gasteiger partial charge in [0.05, 0.1) is 0 Å². The molecule has 2 heteroatoms. The van der Waals surface area contributed by atoms with E-state index in [2.05, 4.69) is 4.98 Å². The summed E-state index contributed by atoms with van der Waals surface area (Å²) in [6, 6.07) is 13.1. The van der Waals surface area contributed by atoms with Crippen LogP contribution in [0.2, 0.25) is 0 Å². The minimum Gasteiger partial charge on any atom is -0.294 e. The van der Waals surface area contributed by atoms with E-state index >= 15 is 0 Å². The topological polar surface area (TPSA) is 30.0 Å². The quantitative estimate of drug-likeness (QED) is 0.730. The molecule has 0 N–H and O–H groups in total. The highest BCUT2D eigenvalue weighted by atomic mass is 16.1. The number of hydrogen-bond acceptors (Lipinski definition) is 2. The van der Waals surface area contributed by atoms with Crippen molar-refractivity contribution < 1.29 is 4.79 Å². The maximum atomic E-state index is 12.1. The number of Topliss-reactive ketones (excluding diaryl/α,β-unsaturated/α-hetero) is 1.